The lowest BCUT2D eigenvalue weighted by atomic mass is 9.98. The van der Waals surface area contributed by atoms with Gasteiger partial charge in [0.1, 0.15) is 17.9 Å². The first kappa shape index (κ1) is 22.2. The van der Waals surface area contributed by atoms with E-state index in [1.807, 2.05) is 42.0 Å². The fraction of sp³-hybridized carbons (Fsp3) is 0.440. The molecule has 0 bridgehead atoms. The molecular formula is C25H29N5O4. The van der Waals surface area contributed by atoms with Crippen molar-refractivity contribution in [1.29, 1.82) is 0 Å². The smallest absolute Gasteiger partial charge is 0.410 e. The minimum Gasteiger partial charge on any atom is -0.495 e. The Balaban J connectivity index is 1.30. The largest absolute Gasteiger partial charge is 0.495 e. The van der Waals surface area contributed by atoms with E-state index < -0.39 is 0 Å². The monoisotopic (exact) mass is 463 g/mol. The van der Waals surface area contributed by atoms with E-state index in [0.29, 0.717) is 49.5 Å². The standard InChI is InChI=1S/C25H29N5O4/c1-16-21-22(33-3)20(14-26-23(21)28(2)27-16)24(31)29-11-9-18(10-12-29)30-19(15-34-25(30)32)13-17-7-5-4-6-8-17/h4-8,14,18-19H,9-13,15H2,1-3H3/t19-/m1/s1. The number of nitrogens with zero attached hydrogens (tertiary/aromatic N) is 5. The normalized spacial score (nSPS) is 19.0. The van der Waals surface area contributed by atoms with Gasteiger partial charge in [-0.1, -0.05) is 30.3 Å². The zero-order valence-corrected chi connectivity index (χ0v) is 19.7. The number of benzene rings is 1. The van der Waals surface area contributed by atoms with Crippen LogP contribution in [0.4, 0.5) is 4.79 Å². The van der Waals surface area contributed by atoms with Gasteiger partial charge < -0.3 is 14.4 Å². The lowest BCUT2D eigenvalue weighted by molar-refractivity contribution is 0.0633. The highest BCUT2D eigenvalue weighted by Crippen LogP contribution is 2.32. The first-order chi connectivity index (χ1) is 16.5. The Morgan fingerprint density at radius 1 is 1.21 bits per heavy atom. The number of ether oxygens (including phenoxy) is 2. The molecule has 2 saturated heterocycles. The molecule has 0 radical (unpaired) electrons. The molecule has 0 unspecified atom stereocenters. The second-order valence-corrected chi connectivity index (χ2v) is 8.96. The SMILES string of the molecule is COc1c(C(=O)N2CCC(N3C(=O)OC[C@H]3Cc3ccccc3)CC2)cnc2c1c(C)nn2C. The Kier molecular flexibility index (Phi) is 5.85. The lowest BCUT2D eigenvalue weighted by Crippen LogP contribution is -2.50. The fourth-order valence-corrected chi connectivity index (χ4v) is 5.22. The predicted molar refractivity (Wildman–Crippen MR) is 126 cm³/mol. The van der Waals surface area contributed by atoms with Crippen LogP contribution in [0.5, 0.6) is 5.75 Å². The lowest BCUT2D eigenvalue weighted by Gasteiger charge is -2.38. The van der Waals surface area contributed by atoms with Gasteiger partial charge in [-0.05, 0) is 31.7 Å². The van der Waals surface area contributed by atoms with Crippen molar-refractivity contribution in [2.75, 3.05) is 26.8 Å². The zero-order valence-electron chi connectivity index (χ0n) is 19.7. The highest BCUT2D eigenvalue weighted by atomic mass is 16.6. The van der Waals surface area contributed by atoms with Gasteiger partial charge in [-0.15, -0.1) is 0 Å². The Hall–Kier alpha value is -3.62. The summed E-state index contributed by atoms with van der Waals surface area (Å²) in [5, 5.41) is 5.17. The van der Waals surface area contributed by atoms with E-state index in [9.17, 15) is 9.59 Å². The van der Waals surface area contributed by atoms with Crippen molar-refractivity contribution in [3.63, 3.8) is 0 Å². The van der Waals surface area contributed by atoms with Gasteiger partial charge in [-0.3, -0.25) is 14.4 Å². The van der Waals surface area contributed by atoms with Crippen LogP contribution in [0.3, 0.4) is 0 Å². The molecule has 0 aliphatic carbocycles. The molecule has 1 aromatic carbocycles. The maximum atomic E-state index is 13.4. The molecule has 178 valence electrons. The minimum absolute atomic E-state index is 0.0161. The van der Waals surface area contributed by atoms with Crippen LogP contribution in [0.15, 0.2) is 36.5 Å². The van der Waals surface area contributed by atoms with Crippen molar-refractivity contribution in [2.24, 2.45) is 7.05 Å². The summed E-state index contributed by atoms with van der Waals surface area (Å²) >= 11 is 0. The fourth-order valence-electron chi connectivity index (χ4n) is 5.22. The number of carbonyl (C=O) groups is 2. The van der Waals surface area contributed by atoms with Crippen LogP contribution in [0.1, 0.15) is 34.5 Å². The average Bonchev–Trinajstić information content (AvgIpc) is 3.36. The van der Waals surface area contributed by atoms with Crippen LogP contribution < -0.4 is 4.74 Å². The van der Waals surface area contributed by atoms with Crippen molar-refractivity contribution in [3.8, 4) is 5.75 Å². The summed E-state index contributed by atoms with van der Waals surface area (Å²) in [5.74, 6) is 0.395. The summed E-state index contributed by atoms with van der Waals surface area (Å²) in [7, 11) is 3.39. The third kappa shape index (κ3) is 3.85. The second kappa shape index (κ2) is 8.96. The van der Waals surface area contributed by atoms with Crippen LogP contribution in [-0.4, -0.2) is 75.5 Å². The third-order valence-corrected chi connectivity index (χ3v) is 6.88. The molecule has 9 heteroatoms. The molecule has 0 saturated carbocycles. The molecule has 5 rings (SSSR count). The quantitative estimate of drug-likeness (QED) is 0.578. The Morgan fingerprint density at radius 3 is 2.65 bits per heavy atom. The van der Waals surface area contributed by atoms with Crippen molar-refractivity contribution in [3.05, 3.63) is 53.3 Å². The Bertz CT molecular complexity index is 1220. The van der Waals surface area contributed by atoms with Crippen LogP contribution in [0.2, 0.25) is 0 Å². The summed E-state index contributed by atoms with van der Waals surface area (Å²) in [4.78, 5) is 34.1. The molecule has 2 amide bonds. The van der Waals surface area contributed by atoms with Gasteiger partial charge in [0.2, 0.25) is 0 Å². The van der Waals surface area contributed by atoms with Gasteiger partial charge in [-0.2, -0.15) is 5.10 Å². The maximum absolute atomic E-state index is 13.4. The van der Waals surface area contributed by atoms with Crippen molar-refractivity contribution in [2.45, 2.75) is 38.3 Å². The molecule has 2 fully saturated rings. The number of aromatic nitrogens is 3. The molecule has 3 aromatic rings. The zero-order chi connectivity index (χ0) is 23.8. The van der Waals surface area contributed by atoms with Crippen LogP contribution in [0, 0.1) is 6.92 Å². The summed E-state index contributed by atoms with van der Waals surface area (Å²) < 4.78 is 12.7. The number of amides is 2. The molecule has 9 nitrogen and oxygen atoms in total. The second-order valence-electron chi connectivity index (χ2n) is 8.96. The number of rotatable bonds is 5. The topological polar surface area (TPSA) is 89.8 Å². The summed E-state index contributed by atoms with van der Waals surface area (Å²) in [6.07, 6.45) is 3.49. The number of cyclic esters (lactones) is 1. The molecule has 1 atom stereocenters. The molecule has 2 aromatic heterocycles. The summed E-state index contributed by atoms with van der Waals surface area (Å²) in [5.41, 5.74) is 3.07. The van der Waals surface area contributed by atoms with Gasteiger partial charge in [-0.25, -0.2) is 9.78 Å². The number of carbonyl (C=O) groups excluding carboxylic acids is 2. The molecule has 0 spiro atoms. The molecular weight excluding hydrogens is 434 g/mol. The number of aryl methyl sites for hydroxylation is 2. The van der Waals surface area contributed by atoms with E-state index in [1.54, 1.807) is 18.0 Å². The van der Waals surface area contributed by atoms with Crippen molar-refractivity contribution in [1.82, 2.24) is 24.6 Å². The molecule has 34 heavy (non-hydrogen) atoms. The van der Waals surface area contributed by atoms with Crippen LogP contribution in [0.25, 0.3) is 11.0 Å². The van der Waals surface area contributed by atoms with E-state index in [1.165, 1.54) is 5.56 Å². The highest BCUT2D eigenvalue weighted by Gasteiger charge is 2.40. The van der Waals surface area contributed by atoms with E-state index in [-0.39, 0.29) is 24.1 Å². The van der Waals surface area contributed by atoms with Crippen LogP contribution >= 0.6 is 0 Å². The summed E-state index contributed by atoms with van der Waals surface area (Å²) in [6, 6.07) is 10.2. The highest BCUT2D eigenvalue weighted by molar-refractivity contribution is 6.02. The molecule has 4 heterocycles. The first-order valence-electron chi connectivity index (χ1n) is 11.6. The number of methoxy groups -OCH3 is 1. The Morgan fingerprint density at radius 2 is 1.94 bits per heavy atom. The Labute approximate surface area is 198 Å². The number of pyridine rings is 1. The van der Waals surface area contributed by atoms with Crippen molar-refractivity contribution >= 4 is 23.0 Å². The third-order valence-electron chi connectivity index (χ3n) is 6.88. The molecule has 2 aliphatic heterocycles. The van der Waals surface area contributed by atoms with Gasteiger partial charge in [0.15, 0.2) is 5.65 Å². The van der Waals surface area contributed by atoms with Crippen molar-refractivity contribution < 1.29 is 19.1 Å². The number of likely N-dealkylation sites (tertiary alicyclic amines) is 1. The van der Waals surface area contributed by atoms with E-state index in [2.05, 4.69) is 22.2 Å². The van der Waals surface area contributed by atoms with E-state index in [4.69, 9.17) is 9.47 Å². The van der Waals surface area contributed by atoms with E-state index in [0.717, 1.165) is 17.5 Å². The molecule has 2 aliphatic rings. The van der Waals surface area contributed by atoms with E-state index >= 15 is 0 Å². The number of piperidine rings is 1. The maximum Gasteiger partial charge on any atom is 0.410 e. The number of hydrogen-bond donors (Lipinski definition) is 0. The van der Waals surface area contributed by atoms with Gasteiger partial charge in [0, 0.05) is 32.4 Å². The number of hydrogen-bond acceptors (Lipinski definition) is 6. The predicted octanol–water partition coefficient (Wildman–Crippen LogP) is 2.95. The average molecular weight is 464 g/mol. The van der Waals surface area contributed by atoms with Gasteiger partial charge in [0.05, 0.1) is 24.2 Å². The summed E-state index contributed by atoms with van der Waals surface area (Å²) in [6.45, 7) is 3.39. The minimum atomic E-state index is -0.255. The molecule has 0 N–H and O–H groups in total. The van der Waals surface area contributed by atoms with Gasteiger partial charge >= 0.3 is 6.09 Å². The number of fused-ring (bicyclic) bond motifs is 1. The first-order valence-corrected chi connectivity index (χ1v) is 11.6. The van der Waals surface area contributed by atoms with Gasteiger partial charge in [0.25, 0.3) is 5.91 Å². The van der Waals surface area contributed by atoms with Crippen LogP contribution in [-0.2, 0) is 18.2 Å².